The van der Waals surface area contributed by atoms with Gasteiger partial charge in [-0.3, -0.25) is 0 Å². The quantitative estimate of drug-likeness (QED) is 0.128. The molecular formula is C39H36BNO4. The fraction of sp³-hybridized carbons (Fsp3) is 0.205. The van der Waals surface area contributed by atoms with E-state index in [4.69, 9.17) is 18.8 Å². The predicted octanol–water partition coefficient (Wildman–Crippen LogP) is 8.16. The van der Waals surface area contributed by atoms with Crippen LogP contribution in [-0.2, 0) is 26.3 Å². The van der Waals surface area contributed by atoms with Crippen molar-refractivity contribution in [2.45, 2.75) is 51.1 Å². The Morgan fingerprint density at radius 2 is 1.11 bits per heavy atom. The molecular weight excluding hydrogens is 557 g/mol. The third-order valence-corrected chi connectivity index (χ3v) is 8.83. The van der Waals surface area contributed by atoms with Crippen LogP contribution in [0.5, 0.6) is 11.5 Å². The Labute approximate surface area is 266 Å². The molecule has 0 bridgehead atoms. The Morgan fingerprint density at radius 1 is 0.644 bits per heavy atom. The lowest BCUT2D eigenvalue weighted by Crippen LogP contribution is -2.41. The number of benzene rings is 5. The van der Waals surface area contributed by atoms with E-state index in [1.807, 2.05) is 72.8 Å². The molecule has 1 saturated heterocycles. The number of ether oxygens (including phenoxy) is 2. The van der Waals surface area contributed by atoms with Gasteiger partial charge in [0.15, 0.2) is 0 Å². The number of hydrogen-bond acceptors (Lipinski definition) is 5. The molecule has 0 aliphatic carbocycles. The number of rotatable bonds is 9. The molecule has 224 valence electrons. The maximum Gasteiger partial charge on any atom is 0.495 e. The lowest BCUT2D eigenvalue weighted by molar-refractivity contribution is 0.000464. The molecule has 0 aromatic heterocycles. The van der Waals surface area contributed by atoms with Gasteiger partial charge < -0.3 is 18.8 Å². The molecule has 0 radical (unpaired) electrons. The van der Waals surface area contributed by atoms with E-state index in [1.54, 1.807) is 24.3 Å². The molecule has 5 aromatic rings. The smallest absolute Gasteiger partial charge is 0.457 e. The highest BCUT2D eigenvalue weighted by molar-refractivity contribution is 6.62. The van der Waals surface area contributed by atoms with E-state index in [0.717, 1.165) is 27.7 Å². The number of nitrogens with zero attached hydrogens (tertiary/aromatic N) is 1. The zero-order chi connectivity index (χ0) is 31.5. The first kappa shape index (κ1) is 30.4. The zero-order valence-electron chi connectivity index (χ0n) is 26.1. The first-order valence-corrected chi connectivity index (χ1v) is 15.2. The number of hydrogen-bond donors (Lipinski definition) is 0. The van der Waals surface area contributed by atoms with E-state index in [2.05, 4.69) is 70.2 Å². The van der Waals surface area contributed by atoms with Crippen LogP contribution in [0.15, 0.2) is 133 Å². The summed E-state index contributed by atoms with van der Waals surface area (Å²) < 4.78 is 26.5. The molecule has 0 saturated carbocycles. The first-order chi connectivity index (χ1) is 21.7. The van der Waals surface area contributed by atoms with Crippen molar-refractivity contribution < 1.29 is 18.8 Å². The lowest BCUT2D eigenvalue weighted by atomic mass is 9.75. The summed E-state index contributed by atoms with van der Waals surface area (Å²) in [4.78, 5) is 0. The van der Waals surface area contributed by atoms with Gasteiger partial charge in [0.05, 0.1) is 29.4 Å². The van der Waals surface area contributed by atoms with Crippen LogP contribution < -0.4 is 10.2 Å². The Hall–Kier alpha value is -4.67. The molecule has 1 aliphatic heterocycles. The zero-order valence-corrected chi connectivity index (χ0v) is 26.1. The molecule has 0 amide bonds. The summed E-state index contributed by atoms with van der Waals surface area (Å²) in [6, 6.07) is 46.1. The van der Waals surface area contributed by atoms with Crippen molar-refractivity contribution in [3.05, 3.63) is 161 Å². The van der Waals surface area contributed by atoms with Crippen LogP contribution in [-0.4, -0.2) is 18.3 Å². The van der Waals surface area contributed by atoms with Crippen molar-refractivity contribution in [1.29, 1.82) is 5.26 Å². The molecule has 0 N–H and O–H groups in total. The largest absolute Gasteiger partial charge is 0.495 e. The average molecular weight is 594 g/mol. The Balaban J connectivity index is 1.45. The maximum absolute atomic E-state index is 9.21. The van der Waals surface area contributed by atoms with Gasteiger partial charge in [-0.25, -0.2) is 0 Å². The molecule has 5 nitrogen and oxygen atoms in total. The fourth-order valence-electron chi connectivity index (χ4n) is 5.66. The van der Waals surface area contributed by atoms with Gasteiger partial charge in [0.25, 0.3) is 0 Å². The maximum atomic E-state index is 9.21. The summed E-state index contributed by atoms with van der Waals surface area (Å²) >= 11 is 0. The van der Waals surface area contributed by atoms with Gasteiger partial charge in [0.2, 0.25) is 0 Å². The standard InChI is InChI=1S/C39H36BNO4/c1-37(2)38(3,4)45-40(44-37)36-25-24-35(43-34-22-20-29(27-41)21-23-34)26-30(36)28-42-39(31-14-8-5-9-15-31,32-16-10-6-11-17-32)33-18-12-7-13-19-33/h5-26H,28H2,1-4H3. The molecule has 45 heavy (non-hydrogen) atoms. The van der Waals surface area contributed by atoms with Gasteiger partial charge in [-0.2, -0.15) is 5.26 Å². The minimum absolute atomic E-state index is 0.239. The topological polar surface area (TPSA) is 60.7 Å². The first-order valence-electron chi connectivity index (χ1n) is 15.2. The van der Waals surface area contributed by atoms with Gasteiger partial charge in [-0.15, -0.1) is 0 Å². The molecule has 0 atom stereocenters. The van der Waals surface area contributed by atoms with Crippen LogP contribution in [0.4, 0.5) is 0 Å². The molecule has 1 fully saturated rings. The molecule has 1 heterocycles. The van der Waals surface area contributed by atoms with Crippen LogP contribution in [0.1, 0.15) is 55.5 Å². The Morgan fingerprint density at radius 3 is 1.58 bits per heavy atom. The van der Waals surface area contributed by atoms with Gasteiger partial charge in [-0.1, -0.05) is 97.1 Å². The highest BCUT2D eigenvalue weighted by Crippen LogP contribution is 2.42. The third kappa shape index (κ3) is 6.03. The fourth-order valence-corrected chi connectivity index (χ4v) is 5.66. The summed E-state index contributed by atoms with van der Waals surface area (Å²) in [6.45, 7) is 8.45. The second-order valence-electron chi connectivity index (χ2n) is 12.3. The van der Waals surface area contributed by atoms with Crippen molar-refractivity contribution in [3.63, 3.8) is 0 Å². The number of nitriles is 1. The van der Waals surface area contributed by atoms with Crippen molar-refractivity contribution in [3.8, 4) is 17.6 Å². The van der Waals surface area contributed by atoms with E-state index in [0.29, 0.717) is 17.1 Å². The lowest BCUT2D eigenvalue weighted by Gasteiger charge is -2.36. The summed E-state index contributed by atoms with van der Waals surface area (Å²) in [5.41, 5.74) is 3.48. The summed E-state index contributed by atoms with van der Waals surface area (Å²) in [5.74, 6) is 1.28. The predicted molar refractivity (Wildman–Crippen MR) is 177 cm³/mol. The van der Waals surface area contributed by atoms with E-state index < -0.39 is 23.9 Å². The van der Waals surface area contributed by atoms with Crippen molar-refractivity contribution in [2.24, 2.45) is 0 Å². The summed E-state index contributed by atoms with van der Waals surface area (Å²) in [7, 11) is -0.586. The van der Waals surface area contributed by atoms with Gasteiger partial charge in [-0.05, 0) is 91.8 Å². The molecule has 6 rings (SSSR count). The van der Waals surface area contributed by atoms with Crippen molar-refractivity contribution in [2.75, 3.05) is 0 Å². The molecule has 1 aliphatic rings. The van der Waals surface area contributed by atoms with Gasteiger partial charge >= 0.3 is 7.12 Å². The minimum Gasteiger partial charge on any atom is -0.457 e. The average Bonchev–Trinajstić information content (AvgIpc) is 3.29. The van der Waals surface area contributed by atoms with E-state index >= 15 is 0 Å². The minimum atomic E-state index is -0.902. The third-order valence-electron chi connectivity index (χ3n) is 8.83. The second kappa shape index (κ2) is 12.4. The molecule has 0 unspecified atom stereocenters. The van der Waals surface area contributed by atoms with Crippen LogP contribution in [0.25, 0.3) is 0 Å². The monoisotopic (exact) mass is 593 g/mol. The molecule has 5 aromatic carbocycles. The van der Waals surface area contributed by atoms with Crippen molar-refractivity contribution in [1.82, 2.24) is 0 Å². The summed E-state index contributed by atoms with van der Waals surface area (Å²) in [6.07, 6.45) is 0. The van der Waals surface area contributed by atoms with E-state index in [1.165, 1.54) is 0 Å². The Bertz CT molecular complexity index is 1670. The molecule has 6 heteroatoms. The normalized spacial score (nSPS) is 15.4. The second-order valence-corrected chi connectivity index (χ2v) is 12.3. The van der Waals surface area contributed by atoms with Crippen LogP contribution in [0.2, 0.25) is 0 Å². The molecule has 0 spiro atoms. The van der Waals surface area contributed by atoms with Crippen LogP contribution in [0.3, 0.4) is 0 Å². The van der Waals surface area contributed by atoms with E-state index in [9.17, 15) is 5.26 Å². The highest BCUT2D eigenvalue weighted by atomic mass is 16.7. The summed E-state index contributed by atoms with van der Waals surface area (Å²) in [5, 5.41) is 9.21. The van der Waals surface area contributed by atoms with Crippen LogP contribution >= 0.6 is 0 Å². The van der Waals surface area contributed by atoms with Gasteiger partial charge in [0, 0.05) is 0 Å². The SMILES string of the molecule is CC1(C)OB(c2ccc(Oc3ccc(C#N)cc3)cc2COC(c2ccccc2)(c2ccccc2)c2ccccc2)OC1(C)C. The Kier molecular flexibility index (Phi) is 8.35. The van der Waals surface area contributed by atoms with Crippen LogP contribution in [0, 0.1) is 11.3 Å². The van der Waals surface area contributed by atoms with E-state index in [-0.39, 0.29) is 6.61 Å². The highest BCUT2D eigenvalue weighted by Gasteiger charge is 2.52. The van der Waals surface area contributed by atoms with Crippen molar-refractivity contribution >= 4 is 12.6 Å². The van der Waals surface area contributed by atoms with Gasteiger partial charge in [0.1, 0.15) is 17.1 Å².